The van der Waals surface area contributed by atoms with Gasteiger partial charge in [0.05, 0.1) is 18.7 Å². The van der Waals surface area contributed by atoms with Crippen LogP contribution < -0.4 is 0 Å². The minimum absolute atomic E-state index is 0.0420. The van der Waals surface area contributed by atoms with Gasteiger partial charge in [0, 0.05) is 6.54 Å². The Kier molecular flexibility index (Phi) is 3.76. The normalized spacial score (nSPS) is 22.6. The number of aliphatic carboxylic acids is 1. The lowest BCUT2D eigenvalue weighted by Crippen LogP contribution is -2.56. The molecule has 1 N–H and O–H groups in total. The monoisotopic (exact) mass is 281 g/mol. The summed E-state index contributed by atoms with van der Waals surface area (Å²) in [7, 11) is 0. The quantitative estimate of drug-likeness (QED) is 0.891. The molecule has 0 saturated carbocycles. The number of amides is 1. The van der Waals surface area contributed by atoms with E-state index in [1.54, 1.807) is 13.0 Å². The van der Waals surface area contributed by atoms with Crippen LogP contribution in [0.2, 0.25) is 0 Å². The summed E-state index contributed by atoms with van der Waals surface area (Å²) in [5.41, 5.74) is -0.725. The largest absolute Gasteiger partial charge is 0.479 e. The van der Waals surface area contributed by atoms with Crippen molar-refractivity contribution in [3.63, 3.8) is 0 Å². The summed E-state index contributed by atoms with van der Waals surface area (Å²) in [4.78, 5) is 24.8. The fourth-order valence-corrected chi connectivity index (χ4v) is 2.15. The van der Waals surface area contributed by atoms with Crippen molar-refractivity contribution in [3.05, 3.63) is 35.1 Å². The third-order valence-corrected chi connectivity index (χ3v) is 3.37. The lowest BCUT2D eigenvalue weighted by atomic mass is 10.0. The molecule has 0 bridgehead atoms. The summed E-state index contributed by atoms with van der Waals surface area (Å²) in [6.07, 6.45) is 0. The van der Waals surface area contributed by atoms with Crippen LogP contribution in [0.3, 0.4) is 0 Å². The predicted octanol–water partition coefficient (Wildman–Crippen LogP) is 1.45. The molecule has 20 heavy (non-hydrogen) atoms. The highest BCUT2D eigenvalue weighted by molar-refractivity contribution is 5.95. The highest BCUT2D eigenvalue weighted by Crippen LogP contribution is 2.21. The number of benzene rings is 1. The van der Waals surface area contributed by atoms with Gasteiger partial charge in [0.25, 0.3) is 5.91 Å². The molecular weight excluding hydrogens is 265 g/mol. The van der Waals surface area contributed by atoms with Crippen LogP contribution in [-0.2, 0) is 9.53 Å². The smallest absolute Gasteiger partial charge is 0.337 e. The first-order valence-corrected chi connectivity index (χ1v) is 6.26. The van der Waals surface area contributed by atoms with Crippen molar-refractivity contribution in [2.45, 2.75) is 19.4 Å². The van der Waals surface area contributed by atoms with E-state index in [1.807, 2.05) is 0 Å². The zero-order valence-electron chi connectivity index (χ0n) is 11.4. The minimum atomic E-state index is -1.45. The SMILES string of the molecule is Cc1ccc(F)c(C(=O)N2CCOC(C)(C(=O)O)C2)c1. The number of carbonyl (C=O) groups excluding carboxylic acids is 1. The van der Waals surface area contributed by atoms with Crippen molar-refractivity contribution in [1.82, 2.24) is 4.90 Å². The molecule has 1 heterocycles. The third-order valence-electron chi connectivity index (χ3n) is 3.37. The van der Waals surface area contributed by atoms with Gasteiger partial charge in [-0.05, 0) is 26.0 Å². The van der Waals surface area contributed by atoms with E-state index >= 15 is 0 Å². The highest BCUT2D eigenvalue weighted by atomic mass is 19.1. The maximum Gasteiger partial charge on any atom is 0.337 e. The lowest BCUT2D eigenvalue weighted by Gasteiger charge is -2.37. The van der Waals surface area contributed by atoms with Crippen LogP contribution in [0.25, 0.3) is 0 Å². The van der Waals surface area contributed by atoms with Gasteiger partial charge in [-0.25, -0.2) is 9.18 Å². The molecule has 108 valence electrons. The number of rotatable bonds is 2. The molecule has 1 amide bonds. The van der Waals surface area contributed by atoms with Gasteiger partial charge < -0.3 is 14.7 Å². The standard InChI is InChI=1S/C14H16FNO4/c1-9-3-4-11(15)10(7-9)12(17)16-5-6-20-14(2,8-16)13(18)19/h3-4,7H,5-6,8H2,1-2H3,(H,18,19). The molecular formula is C14H16FNO4. The van der Waals surface area contributed by atoms with Crippen LogP contribution >= 0.6 is 0 Å². The summed E-state index contributed by atoms with van der Waals surface area (Å²) < 4.78 is 18.9. The zero-order valence-corrected chi connectivity index (χ0v) is 11.4. The van der Waals surface area contributed by atoms with Crippen LogP contribution in [-0.4, -0.2) is 47.2 Å². The molecule has 1 aromatic rings. The Hall–Kier alpha value is -1.95. The fraction of sp³-hybridized carbons (Fsp3) is 0.429. The Morgan fingerprint density at radius 3 is 2.80 bits per heavy atom. The molecule has 1 aliphatic heterocycles. The van der Waals surface area contributed by atoms with Crippen molar-refractivity contribution < 1.29 is 23.8 Å². The summed E-state index contributed by atoms with van der Waals surface area (Å²) >= 11 is 0. The van der Waals surface area contributed by atoms with E-state index in [9.17, 15) is 14.0 Å². The average molecular weight is 281 g/mol. The molecule has 6 heteroatoms. The second-order valence-corrected chi connectivity index (χ2v) is 5.09. The van der Waals surface area contributed by atoms with E-state index in [-0.39, 0.29) is 25.3 Å². The van der Waals surface area contributed by atoms with Crippen molar-refractivity contribution in [3.8, 4) is 0 Å². The molecule has 1 saturated heterocycles. The molecule has 1 aliphatic rings. The van der Waals surface area contributed by atoms with E-state index in [4.69, 9.17) is 9.84 Å². The number of ether oxygens (including phenoxy) is 1. The van der Waals surface area contributed by atoms with Gasteiger partial charge in [0.1, 0.15) is 5.82 Å². The number of carboxylic acids is 1. The van der Waals surface area contributed by atoms with E-state index in [2.05, 4.69) is 0 Å². The molecule has 0 radical (unpaired) electrons. The van der Waals surface area contributed by atoms with E-state index in [1.165, 1.54) is 24.0 Å². The van der Waals surface area contributed by atoms with Gasteiger partial charge in [0.15, 0.2) is 5.60 Å². The van der Waals surface area contributed by atoms with Gasteiger partial charge in [-0.3, -0.25) is 4.79 Å². The van der Waals surface area contributed by atoms with Gasteiger partial charge >= 0.3 is 5.97 Å². The second kappa shape index (κ2) is 5.20. The molecule has 0 aliphatic carbocycles. The number of hydrogen-bond acceptors (Lipinski definition) is 3. The maximum absolute atomic E-state index is 13.7. The Balaban J connectivity index is 2.25. The number of morpholine rings is 1. The summed E-state index contributed by atoms with van der Waals surface area (Å²) in [6.45, 7) is 3.42. The first-order chi connectivity index (χ1) is 9.33. The molecule has 5 nitrogen and oxygen atoms in total. The Morgan fingerprint density at radius 1 is 1.45 bits per heavy atom. The lowest BCUT2D eigenvalue weighted by molar-refractivity contribution is -0.171. The summed E-state index contributed by atoms with van der Waals surface area (Å²) in [5, 5.41) is 9.13. The molecule has 0 spiro atoms. The van der Waals surface area contributed by atoms with Gasteiger partial charge in [-0.15, -0.1) is 0 Å². The Morgan fingerprint density at radius 2 is 2.15 bits per heavy atom. The number of halogens is 1. The molecule has 1 atom stereocenters. The predicted molar refractivity (Wildman–Crippen MR) is 69.0 cm³/mol. The van der Waals surface area contributed by atoms with E-state index in [0.717, 1.165) is 5.56 Å². The van der Waals surface area contributed by atoms with Gasteiger partial charge in [-0.1, -0.05) is 11.6 Å². The number of carboxylic acid groups (broad SMARTS) is 1. The minimum Gasteiger partial charge on any atom is -0.479 e. The third kappa shape index (κ3) is 2.65. The zero-order chi connectivity index (χ0) is 14.9. The van der Waals surface area contributed by atoms with E-state index < -0.39 is 23.3 Å². The maximum atomic E-state index is 13.7. The van der Waals surface area contributed by atoms with Crippen LogP contribution in [0, 0.1) is 12.7 Å². The molecule has 1 unspecified atom stereocenters. The van der Waals surface area contributed by atoms with Crippen LogP contribution in [0.15, 0.2) is 18.2 Å². The highest BCUT2D eigenvalue weighted by Gasteiger charge is 2.41. The van der Waals surface area contributed by atoms with Gasteiger partial charge in [-0.2, -0.15) is 0 Å². The van der Waals surface area contributed by atoms with Crippen molar-refractivity contribution in [2.24, 2.45) is 0 Å². The van der Waals surface area contributed by atoms with Crippen LogP contribution in [0.4, 0.5) is 4.39 Å². The van der Waals surface area contributed by atoms with Crippen LogP contribution in [0.1, 0.15) is 22.8 Å². The first-order valence-electron chi connectivity index (χ1n) is 6.26. The average Bonchev–Trinajstić information content (AvgIpc) is 2.40. The topological polar surface area (TPSA) is 66.8 Å². The number of carbonyl (C=O) groups is 2. The van der Waals surface area contributed by atoms with Crippen molar-refractivity contribution in [1.29, 1.82) is 0 Å². The molecule has 0 aromatic heterocycles. The first kappa shape index (κ1) is 14.5. The van der Waals surface area contributed by atoms with E-state index in [0.29, 0.717) is 0 Å². The van der Waals surface area contributed by atoms with Crippen molar-refractivity contribution in [2.75, 3.05) is 19.7 Å². The summed E-state index contributed by atoms with van der Waals surface area (Å²) in [5.74, 6) is -2.26. The molecule has 2 rings (SSSR count). The van der Waals surface area contributed by atoms with Gasteiger partial charge in [0.2, 0.25) is 0 Å². The number of nitrogens with zero attached hydrogens (tertiary/aromatic N) is 1. The second-order valence-electron chi connectivity index (χ2n) is 5.09. The number of hydrogen-bond donors (Lipinski definition) is 1. The Labute approximate surface area is 116 Å². The molecule has 1 fully saturated rings. The van der Waals surface area contributed by atoms with Crippen molar-refractivity contribution >= 4 is 11.9 Å². The summed E-state index contributed by atoms with van der Waals surface area (Å²) in [6, 6.07) is 4.28. The number of aryl methyl sites for hydroxylation is 1. The fourth-order valence-electron chi connectivity index (χ4n) is 2.15. The molecule has 1 aromatic carbocycles. The Bertz CT molecular complexity index is 560. The van der Waals surface area contributed by atoms with Crippen LogP contribution in [0.5, 0.6) is 0 Å².